The molecule has 2 rings (SSSR count). The monoisotopic (exact) mass is 422 g/mol. The van der Waals surface area contributed by atoms with Crippen LogP contribution in [-0.2, 0) is 11.3 Å². The number of amides is 1. The molecule has 0 heterocycles. The topological polar surface area (TPSA) is 74.8 Å². The van der Waals surface area contributed by atoms with Crippen LogP contribution in [0.3, 0.4) is 0 Å². The zero-order valence-electron chi connectivity index (χ0n) is 17.1. The Bertz CT molecular complexity index is 919. The molecule has 0 aromatic heterocycles. The van der Waals surface area contributed by atoms with Gasteiger partial charge in [-0.25, -0.2) is 18.2 Å². The minimum atomic E-state index is -1.64. The molecular weight excluding hydrogens is 397 g/mol. The third-order valence-corrected chi connectivity index (χ3v) is 4.00. The fraction of sp³-hybridized carbons (Fsp3) is 0.333. The van der Waals surface area contributed by atoms with Crippen LogP contribution >= 0.6 is 0 Å². The molecule has 0 unspecified atom stereocenters. The Kier molecular flexibility index (Phi) is 8.52. The average Bonchev–Trinajstić information content (AvgIpc) is 2.72. The SMILES string of the molecule is CCNC(=NCc1ccc(C)cc1OCC)NCC(=O)Nc1ccc(F)c(F)c1F. The normalized spacial score (nSPS) is 11.2. The lowest BCUT2D eigenvalue weighted by atomic mass is 10.1. The minimum Gasteiger partial charge on any atom is -0.494 e. The molecule has 0 saturated heterocycles. The van der Waals surface area contributed by atoms with Gasteiger partial charge in [0.05, 0.1) is 25.4 Å². The molecule has 0 atom stereocenters. The predicted molar refractivity (Wildman–Crippen MR) is 110 cm³/mol. The van der Waals surface area contributed by atoms with Crippen LogP contribution in [0.1, 0.15) is 25.0 Å². The standard InChI is InChI=1S/C21H25F3N4O2/c1-4-25-21(26-11-14-7-6-13(3)10-17(14)30-5-2)27-12-18(29)28-16-9-8-15(22)19(23)20(16)24/h6-10H,4-5,11-12H2,1-3H3,(H,28,29)(H2,25,26,27). The maximum Gasteiger partial charge on any atom is 0.243 e. The van der Waals surface area contributed by atoms with Crippen LogP contribution < -0.4 is 20.7 Å². The summed E-state index contributed by atoms with van der Waals surface area (Å²) in [5.74, 6) is -3.96. The molecule has 0 aliphatic carbocycles. The Labute approximate surface area is 173 Å². The highest BCUT2D eigenvalue weighted by molar-refractivity contribution is 5.95. The highest BCUT2D eigenvalue weighted by atomic mass is 19.2. The van der Waals surface area contributed by atoms with Crippen LogP contribution in [0.5, 0.6) is 5.75 Å². The van der Waals surface area contributed by atoms with Crippen molar-refractivity contribution in [3.8, 4) is 5.75 Å². The van der Waals surface area contributed by atoms with E-state index in [0.717, 1.165) is 29.0 Å². The lowest BCUT2D eigenvalue weighted by Crippen LogP contribution is -2.41. The number of aryl methyl sites for hydroxylation is 1. The zero-order chi connectivity index (χ0) is 22.1. The van der Waals surface area contributed by atoms with Crippen molar-refractivity contribution in [3.63, 3.8) is 0 Å². The van der Waals surface area contributed by atoms with Crippen molar-refractivity contribution >= 4 is 17.6 Å². The number of halogens is 3. The van der Waals surface area contributed by atoms with Gasteiger partial charge in [-0.3, -0.25) is 4.79 Å². The van der Waals surface area contributed by atoms with E-state index in [2.05, 4.69) is 20.9 Å². The summed E-state index contributed by atoms with van der Waals surface area (Å²) in [6.45, 7) is 6.87. The van der Waals surface area contributed by atoms with Gasteiger partial charge in [-0.2, -0.15) is 0 Å². The summed E-state index contributed by atoms with van der Waals surface area (Å²) in [5.41, 5.74) is 1.51. The number of ether oxygens (including phenoxy) is 1. The van der Waals surface area contributed by atoms with Crippen LogP contribution in [0.4, 0.5) is 18.9 Å². The third kappa shape index (κ3) is 6.40. The summed E-state index contributed by atoms with van der Waals surface area (Å²) in [7, 11) is 0. The molecule has 0 saturated carbocycles. The molecule has 1 amide bonds. The van der Waals surface area contributed by atoms with E-state index < -0.39 is 29.0 Å². The summed E-state index contributed by atoms with van der Waals surface area (Å²) >= 11 is 0. The van der Waals surface area contributed by atoms with Gasteiger partial charge in [-0.15, -0.1) is 0 Å². The number of carbonyl (C=O) groups is 1. The van der Waals surface area contributed by atoms with E-state index >= 15 is 0 Å². The molecule has 0 spiro atoms. The Morgan fingerprint density at radius 1 is 1.07 bits per heavy atom. The van der Waals surface area contributed by atoms with E-state index in [1.54, 1.807) is 0 Å². The van der Waals surface area contributed by atoms with E-state index in [9.17, 15) is 18.0 Å². The Hall–Kier alpha value is -3.23. The first-order valence-corrected chi connectivity index (χ1v) is 9.53. The summed E-state index contributed by atoms with van der Waals surface area (Å²) in [6.07, 6.45) is 0. The van der Waals surface area contributed by atoms with Crippen LogP contribution in [0.15, 0.2) is 35.3 Å². The van der Waals surface area contributed by atoms with E-state index in [1.165, 1.54) is 0 Å². The van der Waals surface area contributed by atoms with Crippen molar-refractivity contribution in [2.24, 2.45) is 4.99 Å². The molecule has 0 fully saturated rings. The van der Waals surface area contributed by atoms with Crippen molar-refractivity contribution in [1.29, 1.82) is 0 Å². The van der Waals surface area contributed by atoms with Gasteiger partial charge in [0.2, 0.25) is 5.91 Å². The van der Waals surface area contributed by atoms with Gasteiger partial charge < -0.3 is 20.7 Å². The molecule has 0 bridgehead atoms. The van der Waals surface area contributed by atoms with Gasteiger partial charge in [-0.05, 0) is 44.5 Å². The summed E-state index contributed by atoms with van der Waals surface area (Å²) in [5, 5.41) is 8.01. The zero-order valence-corrected chi connectivity index (χ0v) is 17.1. The second-order valence-electron chi connectivity index (χ2n) is 6.36. The largest absolute Gasteiger partial charge is 0.494 e. The smallest absolute Gasteiger partial charge is 0.243 e. The first kappa shape index (κ1) is 23.1. The van der Waals surface area contributed by atoms with E-state index in [4.69, 9.17) is 4.74 Å². The van der Waals surface area contributed by atoms with Gasteiger partial charge in [0.1, 0.15) is 5.75 Å². The van der Waals surface area contributed by atoms with Gasteiger partial charge in [0.15, 0.2) is 23.4 Å². The van der Waals surface area contributed by atoms with Crippen molar-refractivity contribution in [3.05, 3.63) is 58.9 Å². The summed E-state index contributed by atoms with van der Waals surface area (Å²) in [6, 6.07) is 7.50. The average molecular weight is 422 g/mol. The predicted octanol–water partition coefficient (Wildman–Crippen LogP) is 3.50. The highest BCUT2D eigenvalue weighted by Gasteiger charge is 2.15. The molecule has 30 heavy (non-hydrogen) atoms. The quantitative estimate of drug-likeness (QED) is 0.346. The number of anilines is 1. The molecule has 3 N–H and O–H groups in total. The van der Waals surface area contributed by atoms with Crippen molar-refractivity contribution in [1.82, 2.24) is 10.6 Å². The van der Waals surface area contributed by atoms with Crippen LogP contribution in [0.2, 0.25) is 0 Å². The number of benzene rings is 2. The maximum atomic E-state index is 13.7. The first-order chi connectivity index (χ1) is 14.3. The lowest BCUT2D eigenvalue weighted by Gasteiger charge is -2.13. The lowest BCUT2D eigenvalue weighted by molar-refractivity contribution is -0.115. The van der Waals surface area contributed by atoms with E-state index in [-0.39, 0.29) is 6.54 Å². The van der Waals surface area contributed by atoms with E-state index in [0.29, 0.717) is 25.7 Å². The Balaban J connectivity index is 2.02. The molecule has 2 aromatic carbocycles. The number of guanidine groups is 1. The number of carbonyl (C=O) groups excluding carboxylic acids is 1. The number of rotatable bonds is 8. The fourth-order valence-electron chi connectivity index (χ4n) is 2.57. The van der Waals surface area contributed by atoms with Crippen molar-refractivity contribution in [2.45, 2.75) is 27.3 Å². The molecule has 0 aliphatic heterocycles. The second kappa shape index (κ2) is 11.1. The van der Waals surface area contributed by atoms with Gasteiger partial charge in [0.25, 0.3) is 0 Å². The van der Waals surface area contributed by atoms with Crippen LogP contribution in [0, 0.1) is 24.4 Å². The third-order valence-electron chi connectivity index (χ3n) is 4.00. The van der Waals surface area contributed by atoms with Crippen LogP contribution in [-0.4, -0.2) is 31.6 Å². The maximum absolute atomic E-state index is 13.7. The molecule has 6 nitrogen and oxygen atoms in total. The Morgan fingerprint density at radius 2 is 1.83 bits per heavy atom. The molecule has 2 aromatic rings. The van der Waals surface area contributed by atoms with Gasteiger partial charge in [0, 0.05) is 12.1 Å². The fourth-order valence-corrected chi connectivity index (χ4v) is 2.57. The summed E-state index contributed by atoms with van der Waals surface area (Å²) in [4.78, 5) is 16.5. The summed E-state index contributed by atoms with van der Waals surface area (Å²) < 4.78 is 45.6. The number of nitrogens with one attached hydrogen (secondary N) is 3. The Morgan fingerprint density at radius 3 is 2.53 bits per heavy atom. The molecule has 162 valence electrons. The molecule has 0 aliphatic rings. The molecular formula is C21H25F3N4O2. The molecule has 0 radical (unpaired) electrons. The number of hydrogen-bond acceptors (Lipinski definition) is 3. The number of nitrogens with zero attached hydrogens (tertiary/aromatic N) is 1. The van der Waals surface area contributed by atoms with E-state index in [1.807, 2.05) is 39.0 Å². The molecule has 9 heteroatoms. The number of aliphatic imine (C=N–C) groups is 1. The minimum absolute atomic E-state index is 0.253. The van der Waals surface area contributed by atoms with Gasteiger partial charge in [-0.1, -0.05) is 12.1 Å². The number of hydrogen-bond donors (Lipinski definition) is 3. The van der Waals surface area contributed by atoms with Crippen LogP contribution in [0.25, 0.3) is 0 Å². The van der Waals surface area contributed by atoms with Crippen molar-refractivity contribution in [2.75, 3.05) is 25.0 Å². The van der Waals surface area contributed by atoms with Gasteiger partial charge >= 0.3 is 0 Å². The second-order valence-corrected chi connectivity index (χ2v) is 6.36. The van der Waals surface area contributed by atoms with Crippen molar-refractivity contribution < 1.29 is 22.7 Å². The first-order valence-electron chi connectivity index (χ1n) is 9.53. The highest BCUT2D eigenvalue weighted by Crippen LogP contribution is 2.21.